The summed E-state index contributed by atoms with van der Waals surface area (Å²) < 4.78 is 0. The van der Waals surface area contributed by atoms with Gasteiger partial charge in [0, 0.05) is 13.0 Å². The van der Waals surface area contributed by atoms with Gasteiger partial charge in [0.1, 0.15) is 0 Å². The highest BCUT2D eigenvalue weighted by Gasteiger charge is 2.38. The topological polar surface area (TPSA) is 86.6 Å². The number of hydrogen-bond donors (Lipinski definition) is 3. The van der Waals surface area contributed by atoms with Crippen LogP contribution in [0, 0.1) is 11.3 Å². The van der Waals surface area contributed by atoms with Crippen LogP contribution in [0.1, 0.15) is 51.4 Å². The molecule has 1 atom stereocenters. The molecule has 0 saturated heterocycles. The Labute approximate surface area is 113 Å². The summed E-state index contributed by atoms with van der Waals surface area (Å²) in [5.74, 6) is -0.602. The van der Waals surface area contributed by atoms with Crippen LogP contribution in [0.15, 0.2) is 0 Å². The first kappa shape index (κ1) is 14.3. The number of carbonyl (C=O) groups excluding carboxylic acids is 1. The summed E-state index contributed by atoms with van der Waals surface area (Å²) in [4.78, 5) is 22.9. The molecule has 2 saturated carbocycles. The highest BCUT2D eigenvalue weighted by Crippen LogP contribution is 2.44. The zero-order chi connectivity index (χ0) is 13.9. The summed E-state index contributed by atoms with van der Waals surface area (Å²) in [7, 11) is 0. The lowest BCUT2D eigenvalue weighted by Crippen LogP contribution is -2.36. The predicted octanol–water partition coefficient (Wildman–Crippen LogP) is 1.30. The zero-order valence-electron chi connectivity index (χ0n) is 11.2. The number of carboxylic acids is 1. The molecular weight excluding hydrogens is 246 g/mol. The summed E-state index contributed by atoms with van der Waals surface area (Å²) in [6, 6.07) is 0. The van der Waals surface area contributed by atoms with Crippen molar-refractivity contribution in [2.45, 2.75) is 57.5 Å². The molecule has 0 bridgehead atoms. The monoisotopic (exact) mass is 269 g/mol. The second-order valence-corrected chi connectivity index (χ2v) is 6.16. The number of nitrogens with one attached hydrogen (secondary N) is 1. The van der Waals surface area contributed by atoms with Crippen LogP contribution < -0.4 is 5.32 Å². The molecule has 0 aliphatic heterocycles. The maximum Gasteiger partial charge on any atom is 0.303 e. The van der Waals surface area contributed by atoms with Crippen molar-refractivity contribution in [2.75, 3.05) is 6.54 Å². The van der Waals surface area contributed by atoms with Gasteiger partial charge in [-0.3, -0.25) is 9.59 Å². The Morgan fingerprint density at radius 2 is 1.84 bits per heavy atom. The van der Waals surface area contributed by atoms with Gasteiger partial charge in [0.15, 0.2) is 0 Å². The van der Waals surface area contributed by atoms with E-state index in [4.69, 9.17) is 5.11 Å². The average Bonchev–Trinajstić information content (AvgIpc) is 3.09. The summed E-state index contributed by atoms with van der Waals surface area (Å²) in [6.07, 6.45) is 5.64. The fourth-order valence-electron chi connectivity index (χ4n) is 3.13. The number of aliphatic carboxylic acids is 1. The molecule has 0 spiro atoms. The fraction of sp³-hybridized carbons (Fsp3) is 0.857. The summed E-state index contributed by atoms with van der Waals surface area (Å²) in [5, 5.41) is 21.4. The minimum Gasteiger partial charge on any atom is -0.481 e. The smallest absolute Gasteiger partial charge is 0.303 e. The molecule has 3 N–H and O–H groups in total. The Balaban J connectivity index is 1.79. The molecule has 19 heavy (non-hydrogen) atoms. The number of aliphatic hydroxyl groups excluding tert-OH is 1. The standard InChI is InChI=1S/C14H23NO4/c16-11(10-3-4-10)9-15-12(17)7-14(8-13(18)19)5-1-2-6-14/h10-11,16H,1-9H2,(H,15,17)(H,18,19). The molecule has 0 aromatic rings. The second kappa shape index (κ2) is 5.90. The summed E-state index contributed by atoms with van der Waals surface area (Å²) in [5.41, 5.74) is -0.361. The lowest BCUT2D eigenvalue weighted by Gasteiger charge is -2.26. The minimum absolute atomic E-state index is 0.0750. The van der Waals surface area contributed by atoms with Gasteiger partial charge >= 0.3 is 5.97 Å². The predicted molar refractivity (Wildman–Crippen MR) is 69.5 cm³/mol. The van der Waals surface area contributed by atoms with Gasteiger partial charge < -0.3 is 15.5 Å². The van der Waals surface area contributed by atoms with Gasteiger partial charge in [-0.05, 0) is 37.0 Å². The number of carbonyl (C=O) groups is 2. The molecule has 0 heterocycles. The van der Waals surface area contributed by atoms with Crippen LogP contribution in [0.3, 0.4) is 0 Å². The molecule has 108 valence electrons. The van der Waals surface area contributed by atoms with Crippen LogP contribution in [-0.2, 0) is 9.59 Å². The van der Waals surface area contributed by atoms with Crippen LogP contribution in [-0.4, -0.2) is 34.7 Å². The van der Waals surface area contributed by atoms with E-state index in [0.717, 1.165) is 38.5 Å². The SMILES string of the molecule is O=C(O)CC1(CC(=O)NCC(O)C2CC2)CCCC1. The van der Waals surface area contributed by atoms with E-state index in [1.165, 1.54) is 0 Å². The van der Waals surface area contributed by atoms with E-state index in [1.807, 2.05) is 0 Å². The largest absolute Gasteiger partial charge is 0.481 e. The third-order valence-electron chi connectivity index (χ3n) is 4.40. The van der Waals surface area contributed by atoms with Crippen molar-refractivity contribution in [1.29, 1.82) is 0 Å². The molecule has 5 heteroatoms. The number of rotatable bonds is 7. The van der Waals surface area contributed by atoms with E-state index >= 15 is 0 Å². The van der Waals surface area contributed by atoms with Crippen LogP contribution in [0.5, 0.6) is 0 Å². The Bertz CT molecular complexity index is 345. The number of aliphatic hydroxyl groups is 1. The van der Waals surface area contributed by atoms with E-state index in [-0.39, 0.29) is 24.2 Å². The van der Waals surface area contributed by atoms with Crippen molar-refractivity contribution < 1.29 is 19.8 Å². The Morgan fingerprint density at radius 3 is 2.37 bits per heavy atom. The molecule has 0 aromatic heterocycles. The molecular formula is C14H23NO4. The lowest BCUT2D eigenvalue weighted by atomic mass is 9.79. The van der Waals surface area contributed by atoms with Crippen LogP contribution >= 0.6 is 0 Å². The third kappa shape index (κ3) is 4.20. The summed E-state index contributed by atoms with van der Waals surface area (Å²) >= 11 is 0. The number of carboxylic acid groups (broad SMARTS) is 1. The maximum absolute atomic E-state index is 11.9. The number of hydrogen-bond acceptors (Lipinski definition) is 3. The van der Waals surface area contributed by atoms with Crippen molar-refractivity contribution >= 4 is 11.9 Å². The molecule has 0 aromatic carbocycles. The zero-order valence-corrected chi connectivity index (χ0v) is 11.2. The van der Waals surface area contributed by atoms with Gasteiger partial charge in [-0.15, -0.1) is 0 Å². The van der Waals surface area contributed by atoms with Gasteiger partial charge in [0.05, 0.1) is 12.5 Å². The van der Waals surface area contributed by atoms with Gasteiger partial charge in [-0.1, -0.05) is 12.8 Å². The maximum atomic E-state index is 11.9. The Hall–Kier alpha value is -1.10. The molecule has 1 amide bonds. The third-order valence-corrected chi connectivity index (χ3v) is 4.40. The van der Waals surface area contributed by atoms with Gasteiger partial charge in [-0.25, -0.2) is 0 Å². The molecule has 2 aliphatic rings. The number of amides is 1. The van der Waals surface area contributed by atoms with Crippen molar-refractivity contribution in [1.82, 2.24) is 5.32 Å². The Kier molecular flexibility index (Phi) is 4.45. The minimum atomic E-state index is -0.826. The molecule has 1 unspecified atom stereocenters. The second-order valence-electron chi connectivity index (χ2n) is 6.16. The quantitative estimate of drug-likeness (QED) is 0.650. The Morgan fingerprint density at radius 1 is 1.21 bits per heavy atom. The van der Waals surface area contributed by atoms with Gasteiger partial charge in [-0.2, -0.15) is 0 Å². The molecule has 2 aliphatic carbocycles. The van der Waals surface area contributed by atoms with Crippen LogP contribution in [0.25, 0.3) is 0 Å². The lowest BCUT2D eigenvalue weighted by molar-refractivity contribution is -0.140. The normalized spacial score (nSPS) is 23.0. The van der Waals surface area contributed by atoms with Gasteiger partial charge in [0.2, 0.25) is 5.91 Å². The molecule has 5 nitrogen and oxygen atoms in total. The fourth-order valence-corrected chi connectivity index (χ4v) is 3.13. The van der Waals surface area contributed by atoms with Crippen molar-refractivity contribution in [3.05, 3.63) is 0 Å². The average molecular weight is 269 g/mol. The van der Waals surface area contributed by atoms with Crippen LogP contribution in [0.4, 0.5) is 0 Å². The first-order valence-corrected chi connectivity index (χ1v) is 7.17. The van der Waals surface area contributed by atoms with E-state index in [2.05, 4.69) is 5.32 Å². The first-order chi connectivity index (χ1) is 9.01. The highest BCUT2D eigenvalue weighted by atomic mass is 16.4. The van der Waals surface area contributed by atoms with Gasteiger partial charge in [0.25, 0.3) is 0 Å². The van der Waals surface area contributed by atoms with Crippen molar-refractivity contribution in [3.63, 3.8) is 0 Å². The van der Waals surface area contributed by atoms with E-state index in [1.54, 1.807) is 0 Å². The van der Waals surface area contributed by atoms with E-state index in [9.17, 15) is 14.7 Å². The van der Waals surface area contributed by atoms with E-state index in [0.29, 0.717) is 12.5 Å². The van der Waals surface area contributed by atoms with Crippen molar-refractivity contribution in [3.8, 4) is 0 Å². The molecule has 2 fully saturated rings. The molecule has 0 radical (unpaired) electrons. The molecule has 2 rings (SSSR count). The van der Waals surface area contributed by atoms with Crippen LogP contribution in [0.2, 0.25) is 0 Å². The highest BCUT2D eigenvalue weighted by molar-refractivity contribution is 5.78. The summed E-state index contributed by atoms with van der Waals surface area (Å²) in [6.45, 7) is 0.298. The van der Waals surface area contributed by atoms with Crippen molar-refractivity contribution in [2.24, 2.45) is 11.3 Å². The first-order valence-electron chi connectivity index (χ1n) is 7.17. The van der Waals surface area contributed by atoms with E-state index < -0.39 is 12.1 Å².